The molecule has 0 aliphatic rings. The third-order valence-electron chi connectivity index (χ3n) is 0.771. The normalized spacial score (nSPS) is 12.7. The van der Waals surface area contributed by atoms with E-state index in [1.54, 1.807) is 0 Å². The molecule has 0 aromatic carbocycles. The van der Waals surface area contributed by atoms with Gasteiger partial charge in [0.2, 0.25) is 0 Å². The summed E-state index contributed by atoms with van der Waals surface area (Å²) in [6.07, 6.45) is 0. The third kappa shape index (κ3) is 3.32. The van der Waals surface area contributed by atoms with E-state index in [1.807, 2.05) is 0 Å². The molecule has 0 amide bonds. The van der Waals surface area contributed by atoms with Crippen molar-refractivity contribution >= 4 is 0 Å². The molecule has 0 aliphatic heterocycles. The van der Waals surface area contributed by atoms with Crippen LogP contribution in [0.3, 0.4) is 0 Å². The number of rotatable bonds is 1. The highest BCUT2D eigenvalue weighted by Crippen LogP contribution is 2.32. The Balaban J connectivity index is 0. The summed E-state index contributed by atoms with van der Waals surface area (Å²) in [5.41, 5.74) is 0. The molecule has 0 nitrogen and oxygen atoms in total. The van der Waals surface area contributed by atoms with Gasteiger partial charge in [-0.05, 0) is 0 Å². The standard InChI is InChI=1S/C4H6F4.CH4/c1-3(5,6)4(2,7)8;/h1-2H3;1H4. The van der Waals surface area contributed by atoms with E-state index in [4.69, 9.17) is 0 Å². The fourth-order valence-corrected chi connectivity index (χ4v) is 0. The van der Waals surface area contributed by atoms with Gasteiger partial charge in [-0.25, -0.2) is 17.6 Å². The van der Waals surface area contributed by atoms with Crippen LogP contribution in [0.4, 0.5) is 17.6 Å². The number of hydrogen-bond donors (Lipinski definition) is 0. The molecule has 0 aromatic rings. The highest BCUT2D eigenvalue weighted by Gasteiger charge is 2.47. The second-order valence-corrected chi connectivity index (χ2v) is 1.78. The Hall–Kier alpha value is -0.280. The van der Waals surface area contributed by atoms with Gasteiger partial charge in [0, 0.05) is 13.8 Å². The minimum absolute atomic E-state index is 0. The van der Waals surface area contributed by atoms with Crippen LogP contribution in [0.1, 0.15) is 21.3 Å². The minimum Gasteiger partial charge on any atom is -0.200 e. The molecule has 4 heteroatoms. The molecule has 0 saturated heterocycles. The molecule has 0 saturated carbocycles. The molecule has 0 unspecified atom stereocenters. The van der Waals surface area contributed by atoms with E-state index in [2.05, 4.69) is 0 Å². The topological polar surface area (TPSA) is 0 Å². The van der Waals surface area contributed by atoms with Crippen LogP contribution in [0.2, 0.25) is 0 Å². The average molecular weight is 146 g/mol. The van der Waals surface area contributed by atoms with Crippen LogP contribution in [0.25, 0.3) is 0 Å². The highest BCUT2D eigenvalue weighted by atomic mass is 19.3. The predicted molar refractivity (Wildman–Crippen MR) is 28.0 cm³/mol. The first kappa shape index (κ1) is 11.5. The first-order valence-electron chi connectivity index (χ1n) is 2.01. The molecule has 0 bridgehead atoms. The molecule has 0 heterocycles. The quantitative estimate of drug-likeness (QED) is 0.499. The predicted octanol–water partition coefficient (Wildman–Crippen LogP) is 2.93. The summed E-state index contributed by atoms with van der Waals surface area (Å²) in [5.74, 6) is -7.79. The zero-order chi connectivity index (χ0) is 7.00. The summed E-state index contributed by atoms with van der Waals surface area (Å²) in [4.78, 5) is 0. The molecule has 58 valence electrons. The molecule has 0 atom stereocenters. The van der Waals surface area contributed by atoms with Crippen molar-refractivity contribution in [3.63, 3.8) is 0 Å². The molecule has 0 aromatic heterocycles. The lowest BCUT2D eigenvalue weighted by Crippen LogP contribution is -2.33. The van der Waals surface area contributed by atoms with Crippen LogP contribution in [-0.4, -0.2) is 11.8 Å². The van der Waals surface area contributed by atoms with Crippen molar-refractivity contribution in [2.45, 2.75) is 33.1 Å². The Morgan fingerprint density at radius 3 is 0.889 bits per heavy atom. The number of alkyl halides is 4. The van der Waals surface area contributed by atoms with Gasteiger partial charge in [0.15, 0.2) is 0 Å². The van der Waals surface area contributed by atoms with Gasteiger partial charge in [0.05, 0.1) is 0 Å². The summed E-state index contributed by atoms with van der Waals surface area (Å²) in [7, 11) is 0. The Kier molecular flexibility index (Phi) is 3.25. The Bertz CT molecular complexity index is 63.9. The van der Waals surface area contributed by atoms with Crippen LogP contribution >= 0.6 is 0 Å². The van der Waals surface area contributed by atoms with Crippen molar-refractivity contribution in [3.05, 3.63) is 0 Å². The molecule has 0 N–H and O–H groups in total. The SMILES string of the molecule is C.CC(F)(F)C(C)(F)F. The van der Waals surface area contributed by atoms with Crippen molar-refractivity contribution in [1.82, 2.24) is 0 Å². The van der Waals surface area contributed by atoms with Gasteiger partial charge in [0.1, 0.15) is 0 Å². The fraction of sp³-hybridized carbons (Fsp3) is 1.00. The van der Waals surface area contributed by atoms with Crippen molar-refractivity contribution in [1.29, 1.82) is 0 Å². The maximum atomic E-state index is 11.5. The van der Waals surface area contributed by atoms with E-state index in [-0.39, 0.29) is 21.3 Å². The summed E-state index contributed by atoms with van der Waals surface area (Å²) in [5, 5.41) is 0. The van der Waals surface area contributed by atoms with Crippen LogP contribution in [0.15, 0.2) is 0 Å². The molecular weight excluding hydrogens is 136 g/mol. The second kappa shape index (κ2) is 2.54. The van der Waals surface area contributed by atoms with Crippen molar-refractivity contribution in [2.24, 2.45) is 0 Å². The van der Waals surface area contributed by atoms with Crippen molar-refractivity contribution in [3.8, 4) is 0 Å². The highest BCUT2D eigenvalue weighted by molar-refractivity contribution is 4.73. The maximum Gasteiger partial charge on any atom is 0.307 e. The van der Waals surface area contributed by atoms with E-state index < -0.39 is 11.8 Å². The van der Waals surface area contributed by atoms with E-state index in [0.717, 1.165) is 0 Å². The molecule has 0 fully saturated rings. The fourth-order valence-electron chi connectivity index (χ4n) is 0. The molecule has 0 rings (SSSR count). The molecular formula is C5H10F4. The van der Waals surface area contributed by atoms with Crippen LogP contribution in [0, 0.1) is 0 Å². The lowest BCUT2D eigenvalue weighted by molar-refractivity contribution is -0.185. The average Bonchev–Trinajstić information content (AvgIpc) is 1.25. The van der Waals surface area contributed by atoms with Crippen molar-refractivity contribution in [2.75, 3.05) is 0 Å². The Morgan fingerprint density at radius 1 is 0.778 bits per heavy atom. The zero-order valence-corrected chi connectivity index (χ0v) is 4.51. The lowest BCUT2D eigenvalue weighted by atomic mass is 10.2. The van der Waals surface area contributed by atoms with Gasteiger partial charge in [-0.3, -0.25) is 0 Å². The van der Waals surface area contributed by atoms with Gasteiger partial charge in [-0.15, -0.1) is 0 Å². The first-order chi connectivity index (χ1) is 3.25. The van der Waals surface area contributed by atoms with Crippen LogP contribution in [-0.2, 0) is 0 Å². The summed E-state index contributed by atoms with van der Waals surface area (Å²) < 4.78 is 45.9. The summed E-state index contributed by atoms with van der Waals surface area (Å²) in [6, 6.07) is 0. The van der Waals surface area contributed by atoms with Crippen LogP contribution < -0.4 is 0 Å². The van der Waals surface area contributed by atoms with E-state index in [0.29, 0.717) is 0 Å². The Morgan fingerprint density at radius 2 is 0.889 bits per heavy atom. The number of hydrogen-bond acceptors (Lipinski definition) is 0. The summed E-state index contributed by atoms with van der Waals surface area (Å²) in [6.45, 7) is 0.375. The summed E-state index contributed by atoms with van der Waals surface area (Å²) >= 11 is 0. The van der Waals surface area contributed by atoms with E-state index >= 15 is 0 Å². The smallest absolute Gasteiger partial charge is 0.200 e. The van der Waals surface area contributed by atoms with Gasteiger partial charge in [0.25, 0.3) is 0 Å². The maximum absolute atomic E-state index is 11.5. The zero-order valence-electron chi connectivity index (χ0n) is 4.51. The molecule has 0 radical (unpaired) electrons. The molecule has 0 spiro atoms. The third-order valence-corrected chi connectivity index (χ3v) is 0.771. The van der Waals surface area contributed by atoms with Gasteiger partial charge in [-0.2, -0.15) is 0 Å². The van der Waals surface area contributed by atoms with Gasteiger partial charge >= 0.3 is 11.8 Å². The van der Waals surface area contributed by atoms with Gasteiger partial charge < -0.3 is 0 Å². The Labute approximate surface area is 51.9 Å². The van der Waals surface area contributed by atoms with E-state index in [9.17, 15) is 17.6 Å². The molecule has 0 aliphatic carbocycles. The number of halogens is 4. The first-order valence-corrected chi connectivity index (χ1v) is 2.01. The second-order valence-electron chi connectivity index (χ2n) is 1.78. The molecule has 9 heavy (non-hydrogen) atoms. The minimum atomic E-state index is -3.90. The largest absolute Gasteiger partial charge is 0.307 e. The monoisotopic (exact) mass is 146 g/mol. The van der Waals surface area contributed by atoms with Gasteiger partial charge in [-0.1, -0.05) is 7.43 Å². The van der Waals surface area contributed by atoms with Crippen LogP contribution in [0.5, 0.6) is 0 Å². The van der Waals surface area contributed by atoms with E-state index in [1.165, 1.54) is 0 Å². The van der Waals surface area contributed by atoms with Crippen molar-refractivity contribution < 1.29 is 17.6 Å². The lowest BCUT2D eigenvalue weighted by Gasteiger charge is -2.17.